The summed E-state index contributed by atoms with van der Waals surface area (Å²) in [6.07, 6.45) is 9.75. The normalized spacial score (nSPS) is 12.0. The highest BCUT2D eigenvalue weighted by molar-refractivity contribution is 6.17. The molecule has 3 rings (SSSR count). The van der Waals surface area contributed by atoms with Crippen LogP contribution in [0.25, 0.3) is 11.8 Å². The van der Waals surface area contributed by atoms with E-state index in [-0.39, 0.29) is 6.61 Å². The molecule has 186 valence electrons. The van der Waals surface area contributed by atoms with Crippen LogP contribution >= 0.6 is 11.6 Å². The predicted molar refractivity (Wildman–Crippen MR) is 134 cm³/mol. The van der Waals surface area contributed by atoms with Crippen LogP contribution in [-0.4, -0.2) is 54.3 Å². The number of carbonyl (C=O) groups excluding carboxylic acids is 1. The fourth-order valence-electron chi connectivity index (χ4n) is 3.62. The van der Waals surface area contributed by atoms with E-state index in [1.165, 1.54) is 14.2 Å². The molecule has 0 amide bonds. The second kappa shape index (κ2) is 12.5. The maximum atomic E-state index is 13.1. The summed E-state index contributed by atoms with van der Waals surface area (Å²) >= 11 is 5.91. The minimum atomic E-state index is -1.25. The number of carbonyl (C=O) groups is 1. The van der Waals surface area contributed by atoms with Crippen LogP contribution in [0.4, 0.5) is 0 Å². The second-order valence-electron chi connectivity index (χ2n) is 7.79. The number of halogens is 1. The fourth-order valence-corrected chi connectivity index (χ4v) is 3.75. The number of alkyl halides is 1. The minimum Gasteiger partial charge on any atom is -0.495 e. The van der Waals surface area contributed by atoms with Gasteiger partial charge in [-0.15, -0.1) is 11.6 Å². The van der Waals surface area contributed by atoms with Gasteiger partial charge in [-0.05, 0) is 55.7 Å². The SMILES string of the molecule is COc1cc(/C=C(\CCCCl)C(=O)OCC(OC)(OC)c2ccncc2)ccc1-n1cnc(C)c1. The Hall–Kier alpha value is -3.20. The third-order valence-electron chi connectivity index (χ3n) is 5.55. The van der Waals surface area contributed by atoms with Gasteiger partial charge in [-0.1, -0.05) is 6.07 Å². The number of esters is 1. The van der Waals surface area contributed by atoms with E-state index in [4.69, 9.17) is 30.5 Å². The molecule has 0 saturated heterocycles. The van der Waals surface area contributed by atoms with Crippen molar-refractivity contribution >= 4 is 23.6 Å². The van der Waals surface area contributed by atoms with Crippen molar-refractivity contribution in [2.75, 3.05) is 33.8 Å². The first-order valence-electron chi connectivity index (χ1n) is 11.1. The average Bonchev–Trinajstić information content (AvgIpc) is 3.33. The van der Waals surface area contributed by atoms with Crippen LogP contribution < -0.4 is 4.74 Å². The number of hydrogen-bond acceptors (Lipinski definition) is 7. The molecule has 3 aromatic rings. The summed E-state index contributed by atoms with van der Waals surface area (Å²) in [5.41, 5.74) is 3.71. The monoisotopic (exact) mass is 499 g/mol. The number of pyridine rings is 1. The summed E-state index contributed by atoms with van der Waals surface area (Å²) in [4.78, 5) is 21.4. The lowest BCUT2D eigenvalue weighted by molar-refractivity contribution is -0.241. The van der Waals surface area contributed by atoms with Crippen molar-refractivity contribution in [1.29, 1.82) is 0 Å². The topological polar surface area (TPSA) is 84.7 Å². The Morgan fingerprint density at radius 1 is 1.14 bits per heavy atom. The molecule has 0 unspecified atom stereocenters. The molecule has 0 fully saturated rings. The Morgan fingerprint density at radius 2 is 1.89 bits per heavy atom. The molecular weight excluding hydrogens is 470 g/mol. The fraction of sp³-hybridized carbons (Fsp3) is 0.346. The number of rotatable bonds is 12. The van der Waals surface area contributed by atoms with Gasteiger partial charge in [0.05, 0.1) is 24.8 Å². The average molecular weight is 500 g/mol. The molecule has 8 nitrogen and oxygen atoms in total. The van der Waals surface area contributed by atoms with Gasteiger partial charge >= 0.3 is 5.97 Å². The third kappa shape index (κ3) is 6.48. The molecule has 0 bridgehead atoms. The largest absolute Gasteiger partial charge is 0.495 e. The molecule has 0 saturated carbocycles. The first kappa shape index (κ1) is 26.4. The van der Waals surface area contributed by atoms with Crippen molar-refractivity contribution < 1.29 is 23.7 Å². The van der Waals surface area contributed by atoms with Gasteiger partial charge < -0.3 is 23.5 Å². The van der Waals surface area contributed by atoms with E-state index < -0.39 is 11.8 Å². The standard InChI is InChI=1S/C26H30ClN3O5/c1-19-16-30(18-29-19)23-8-7-20(15-24(23)32-2)14-21(6-5-11-27)25(31)35-17-26(33-3,34-4)22-9-12-28-13-10-22/h7-10,12-16,18H,5-6,11,17H2,1-4H3/b21-14+. The molecular formula is C26H30ClN3O5. The maximum absolute atomic E-state index is 13.1. The number of methoxy groups -OCH3 is 3. The van der Waals surface area contributed by atoms with Crippen LogP contribution in [0.5, 0.6) is 5.75 Å². The number of aromatic nitrogens is 3. The molecule has 0 aliphatic heterocycles. The summed E-state index contributed by atoms with van der Waals surface area (Å²) < 4.78 is 24.3. The smallest absolute Gasteiger partial charge is 0.334 e. The number of imidazole rings is 1. The highest BCUT2D eigenvalue weighted by Gasteiger charge is 2.34. The maximum Gasteiger partial charge on any atom is 0.334 e. The lowest BCUT2D eigenvalue weighted by Gasteiger charge is -2.30. The Balaban J connectivity index is 1.85. The van der Waals surface area contributed by atoms with E-state index in [0.29, 0.717) is 35.6 Å². The summed E-state index contributed by atoms with van der Waals surface area (Å²) in [5, 5.41) is 0. The Labute approximate surface area is 210 Å². The van der Waals surface area contributed by atoms with Crippen molar-refractivity contribution in [1.82, 2.24) is 14.5 Å². The molecule has 0 atom stereocenters. The van der Waals surface area contributed by atoms with Gasteiger partial charge in [0.1, 0.15) is 5.75 Å². The molecule has 2 aromatic heterocycles. The van der Waals surface area contributed by atoms with Crippen LogP contribution in [0.1, 0.15) is 29.7 Å². The molecule has 35 heavy (non-hydrogen) atoms. The van der Waals surface area contributed by atoms with Crippen LogP contribution in [0.2, 0.25) is 0 Å². The van der Waals surface area contributed by atoms with Crippen molar-refractivity contribution in [3.05, 3.63) is 77.6 Å². The molecule has 0 N–H and O–H groups in total. The first-order valence-corrected chi connectivity index (χ1v) is 11.6. The summed E-state index contributed by atoms with van der Waals surface area (Å²) in [6.45, 7) is 1.79. The summed E-state index contributed by atoms with van der Waals surface area (Å²) in [7, 11) is 4.60. The van der Waals surface area contributed by atoms with E-state index in [9.17, 15) is 4.79 Å². The highest BCUT2D eigenvalue weighted by Crippen LogP contribution is 2.28. The molecule has 0 radical (unpaired) electrons. The zero-order chi connectivity index (χ0) is 25.3. The Morgan fingerprint density at radius 3 is 2.49 bits per heavy atom. The van der Waals surface area contributed by atoms with Crippen molar-refractivity contribution in [3.63, 3.8) is 0 Å². The zero-order valence-electron chi connectivity index (χ0n) is 20.4. The van der Waals surface area contributed by atoms with Gasteiger partial charge in [0.15, 0.2) is 6.61 Å². The molecule has 1 aromatic carbocycles. The van der Waals surface area contributed by atoms with Crippen molar-refractivity contribution in [2.24, 2.45) is 0 Å². The minimum absolute atomic E-state index is 0.136. The lowest BCUT2D eigenvalue weighted by Crippen LogP contribution is -2.37. The van der Waals surface area contributed by atoms with E-state index in [0.717, 1.165) is 16.9 Å². The molecule has 0 aliphatic carbocycles. The van der Waals surface area contributed by atoms with Gasteiger partial charge in [-0.25, -0.2) is 9.78 Å². The van der Waals surface area contributed by atoms with E-state index in [2.05, 4.69) is 9.97 Å². The third-order valence-corrected chi connectivity index (χ3v) is 5.82. The summed E-state index contributed by atoms with van der Waals surface area (Å²) in [5.74, 6) is -0.652. The molecule has 0 aliphatic rings. The quantitative estimate of drug-likeness (QED) is 0.155. The van der Waals surface area contributed by atoms with Gasteiger partial charge in [0.2, 0.25) is 5.79 Å². The van der Waals surface area contributed by atoms with E-state index in [1.54, 1.807) is 44.0 Å². The highest BCUT2D eigenvalue weighted by atomic mass is 35.5. The van der Waals surface area contributed by atoms with E-state index in [1.807, 2.05) is 35.9 Å². The van der Waals surface area contributed by atoms with Crippen LogP contribution in [0.3, 0.4) is 0 Å². The van der Waals surface area contributed by atoms with Gasteiger partial charge in [0, 0.05) is 49.8 Å². The van der Waals surface area contributed by atoms with Gasteiger partial charge in [-0.3, -0.25) is 4.98 Å². The Bertz CT molecular complexity index is 1140. The number of nitrogens with zero attached hydrogens (tertiary/aromatic N) is 3. The number of benzene rings is 1. The van der Waals surface area contributed by atoms with Crippen LogP contribution in [0, 0.1) is 6.92 Å². The summed E-state index contributed by atoms with van der Waals surface area (Å²) in [6, 6.07) is 9.19. The second-order valence-corrected chi connectivity index (χ2v) is 8.17. The van der Waals surface area contributed by atoms with E-state index >= 15 is 0 Å². The molecule has 9 heteroatoms. The van der Waals surface area contributed by atoms with Crippen LogP contribution in [0.15, 0.2) is 60.8 Å². The van der Waals surface area contributed by atoms with Crippen molar-refractivity contribution in [2.45, 2.75) is 25.6 Å². The van der Waals surface area contributed by atoms with Crippen LogP contribution in [-0.2, 0) is 24.8 Å². The van der Waals surface area contributed by atoms with Crippen molar-refractivity contribution in [3.8, 4) is 11.4 Å². The number of hydrogen-bond donors (Lipinski definition) is 0. The number of aryl methyl sites for hydroxylation is 1. The Kier molecular flexibility index (Phi) is 9.42. The predicted octanol–water partition coefficient (Wildman–Crippen LogP) is 4.68. The lowest BCUT2D eigenvalue weighted by atomic mass is 10.1. The first-order chi connectivity index (χ1) is 17.0. The number of ether oxygens (including phenoxy) is 4. The molecule has 2 heterocycles. The van der Waals surface area contributed by atoms with Gasteiger partial charge in [0.25, 0.3) is 0 Å². The zero-order valence-corrected chi connectivity index (χ0v) is 21.1. The molecule has 0 spiro atoms. The van der Waals surface area contributed by atoms with Gasteiger partial charge in [-0.2, -0.15) is 0 Å².